The zero-order valence-electron chi connectivity index (χ0n) is 20.4. The third-order valence-electron chi connectivity index (χ3n) is 6.57. The molecule has 0 aliphatic carbocycles. The van der Waals surface area contributed by atoms with Gasteiger partial charge in [-0.05, 0) is 48.0 Å². The quantitative estimate of drug-likeness (QED) is 0.293. The molecule has 1 aliphatic heterocycles. The molecular formula is C28H21ClF3N5O2. The average Bonchev–Trinajstić information content (AvgIpc) is 3.36. The Kier molecular flexibility index (Phi) is 6.26. The molecule has 0 radical (unpaired) electrons. The monoisotopic (exact) mass is 551 g/mol. The van der Waals surface area contributed by atoms with Gasteiger partial charge in [0.1, 0.15) is 6.61 Å². The molecular weight excluding hydrogens is 531 g/mol. The Morgan fingerprint density at radius 3 is 2.59 bits per heavy atom. The summed E-state index contributed by atoms with van der Waals surface area (Å²) in [6, 6.07) is 19.9. The van der Waals surface area contributed by atoms with Gasteiger partial charge in [-0.3, -0.25) is 4.79 Å². The summed E-state index contributed by atoms with van der Waals surface area (Å²) in [5.41, 5.74) is 2.15. The van der Waals surface area contributed by atoms with Crippen molar-refractivity contribution in [1.29, 1.82) is 0 Å². The van der Waals surface area contributed by atoms with Crippen LogP contribution in [0.4, 0.5) is 19.1 Å². The number of aromatic nitrogens is 4. The smallest absolute Gasteiger partial charge is 0.416 e. The topological polar surface area (TPSA) is 76.0 Å². The molecule has 0 spiro atoms. The summed E-state index contributed by atoms with van der Waals surface area (Å²) in [4.78, 5) is 27.8. The van der Waals surface area contributed by atoms with Crippen LogP contribution in [0.3, 0.4) is 0 Å². The van der Waals surface area contributed by atoms with Gasteiger partial charge in [0.2, 0.25) is 5.95 Å². The Morgan fingerprint density at radius 1 is 1.00 bits per heavy atom. The number of fused-ring (bicyclic) bond motifs is 2. The highest BCUT2D eigenvalue weighted by Gasteiger charge is 2.31. The highest BCUT2D eigenvalue weighted by molar-refractivity contribution is 6.30. The van der Waals surface area contributed by atoms with E-state index in [9.17, 15) is 18.0 Å². The van der Waals surface area contributed by atoms with Crippen LogP contribution in [0.5, 0.6) is 6.01 Å². The summed E-state index contributed by atoms with van der Waals surface area (Å²) in [5.74, 6) is 0.391. The van der Waals surface area contributed by atoms with Crippen molar-refractivity contribution in [1.82, 2.24) is 19.5 Å². The molecule has 198 valence electrons. The van der Waals surface area contributed by atoms with Gasteiger partial charge >= 0.3 is 12.2 Å². The zero-order valence-corrected chi connectivity index (χ0v) is 21.1. The summed E-state index contributed by atoms with van der Waals surface area (Å²) in [5, 5.41) is 0.579. The predicted octanol–water partition coefficient (Wildman–Crippen LogP) is 5.92. The SMILES string of the molecule is O=c1c2c(nc(OCc3cccc(Cl)c3)n1-c1ccccc1)CCN(c1nc3ccc(C(F)(F)F)cc3[nH]1)C2. The van der Waals surface area contributed by atoms with Crippen LogP contribution in [-0.4, -0.2) is 26.1 Å². The van der Waals surface area contributed by atoms with E-state index in [1.54, 1.807) is 24.3 Å². The summed E-state index contributed by atoms with van der Waals surface area (Å²) in [6.45, 7) is 0.826. The summed E-state index contributed by atoms with van der Waals surface area (Å²) in [7, 11) is 0. The fourth-order valence-electron chi connectivity index (χ4n) is 4.63. The fraction of sp³-hybridized carbons (Fsp3) is 0.179. The first-order chi connectivity index (χ1) is 18.8. The first kappa shape index (κ1) is 25.0. The highest BCUT2D eigenvalue weighted by Crippen LogP contribution is 2.32. The fourth-order valence-corrected chi connectivity index (χ4v) is 4.85. The Balaban J connectivity index is 1.35. The van der Waals surface area contributed by atoms with Gasteiger partial charge in [0.25, 0.3) is 5.56 Å². The van der Waals surface area contributed by atoms with Crippen molar-refractivity contribution in [3.63, 3.8) is 0 Å². The van der Waals surface area contributed by atoms with Crippen molar-refractivity contribution in [3.8, 4) is 11.7 Å². The van der Waals surface area contributed by atoms with Crippen LogP contribution in [-0.2, 0) is 25.7 Å². The second-order valence-corrected chi connectivity index (χ2v) is 9.61. The van der Waals surface area contributed by atoms with Crippen LogP contribution >= 0.6 is 11.6 Å². The third-order valence-corrected chi connectivity index (χ3v) is 6.80. The molecule has 7 nitrogen and oxygen atoms in total. The molecule has 3 aromatic carbocycles. The Morgan fingerprint density at radius 2 is 1.82 bits per heavy atom. The van der Waals surface area contributed by atoms with Crippen molar-refractivity contribution < 1.29 is 17.9 Å². The van der Waals surface area contributed by atoms with Crippen molar-refractivity contribution >= 4 is 28.6 Å². The summed E-state index contributed by atoms with van der Waals surface area (Å²) in [6.07, 6.45) is -4.02. The van der Waals surface area contributed by atoms with Gasteiger partial charge in [-0.1, -0.05) is 41.9 Å². The van der Waals surface area contributed by atoms with Gasteiger partial charge in [-0.2, -0.15) is 13.2 Å². The zero-order chi connectivity index (χ0) is 27.1. The largest absolute Gasteiger partial charge is 0.459 e. The van der Waals surface area contributed by atoms with Crippen molar-refractivity contribution in [2.24, 2.45) is 0 Å². The van der Waals surface area contributed by atoms with Crippen LogP contribution < -0.4 is 15.2 Å². The number of benzene rings is 3. The molecule has 0 atom stereocenters. The van der Waals surface area contributed by atoms with Crippen LogP contribution in [0.15, 0.2) is 77.6 Å². The lowest BCUT2D eigenvalue weighted by Crippen LogP contribution is -2.38. The van der Waals surface area contributed by atoms with Gasteiger partial charge in [0.05, 0.1) is 40.1 Å². The molecule has 39 heavy (non-hydrogen) atoms. The average molecular weight is 552 g/mol. The number of halogens is 4. The predicted molar refractivity (Wildman–Crippen MR) is 141 cm³/mol. The van der Waals surface area contributed by atoms with Crippen molar-refractivity contribution in [2.75, 3.05) is 11.4 Å². The van der Waals surface area contributed by atoms with Gasteiger partial charge in [-0.25, -0.2) is 14.5 Å². The number of rotatable bonds is 5. The maximum absolute atomic E-state index is 13.8. The molecule has 0 fully saturated rings. The third kappa shape index (κ3) is 4.95. The van der Waals surface area contributed by atoms with Crippen LogP contribution in [0.1, 0.15) is 22.4 Å². The molecule has 0 unspecified atom stereocenters. The van der Waals surface area contributed by atoms with E-state index < -0.39 is 11.7 Å². The molecule has 1 N–H and O–H groups in total. The van der Waals surface area contributed by atoms with Gasteiger partial charge in [0.15, 0.2) is 0 Å². The number of hydrogen-bond donors (Lipinski definition) is 1. The number of aromatic amines is 1. The number of para-hydroxylation sites is 1. The van der Waals surface area contributed by atoms with E-state index >= 15 is 0 Å². The molecule has 0 bridgehead atoms. The molecule has 0 amide bonds. The van der Waals surface area contributed by atoms with Crippen molar-refractivity contribution in [3.05, 3.63) is 111 Å². The minimum atomic E-state index is -4.45. The summed E-state index contributed by atoms with van der Waals surface area (Å²) >= 11 is 6.10. The molecule has 6 rings (SSSR count). The lowest BCUT2D eigenvalue weighted by atomic mass is 10.1. The Bertz CT molecular complexity index is 1730. The molecule has 5 aromatic rings. The first-order valence-electron chi connectivity index (χ1n) is 12.2. The van der Waals surface area contributed by atoms with E-state index in [1.807, 2.05) is 35.2 Å². The highest BCUT2D eigenvalue weighted by atomic mass is 35.5. The Hall–Kier alpha value is -4.31. The molecule has 3 heterocycles. The lowest BCUT2D eigenvalue weighted by Gasteiger charge is -2.28. The Labute approximate surface area is 225 Å². The molecule has 2 aromatic heterocycles. The molecule has 11 heteroatoms. The van der Waals surface area contributed by atoms with Gasteiger partial charge in [0, 0.05) is 18.0 Å². The molecule has 0 saturated heterocycles. The number of hydrogen-bond acceptors (Lipinski definition) is 5. The van der Waals surface area contributed by atoms with Gasteiger partial charge < -0.3 is 14.6 Å². The maximum Gasteiger partial charge on any atom is 0.416 e. The van der Waals surface area contributed by atoms with E-state index in [-0.39, 0.29) is 30.2 Å². The van der Waals surface area contributed by atoms with E-state index in [0.717, 1.165) is 17.7 Å². The van der Waals surface area contributed by atoms with E-state index in [1.165, 1.54) is 10.6 Å². The number of anilines is 1. The number of alkyl halides is 3. The second-order valence-electron chi connectivity index (χ2n) is 9.18. The molecule has 1 aliphatic rings. The lowest BCUT2D eigenvalue weighted by molar-refractivity contribution is -0.137. The van der Waals surface area contributed by atoms with Crippen LogP contribution in [0.25, 0.3) is 16.7 Å². The normalized spacial score (nSPS) is 13.5. The van der Waals surface area contributed by atoms with E-state index in [0.29, 0.717) is 46.4 Å². The number of imidazole rings is 1. The molecule has 0 saturated carbocycles. The number of ether oxygens (including phenoxy) is 1. The number of nitrogens with zero attached hydrogens (tertiary/aromatic N) is 4. The van der Waals surface area contributed by atoms with Crippen molar-refractivity contribution in [2.45, 2.75) is 25.7 Å². The first-order valence-corrected chi connectivity index (χ1v) is 12.5. The maximum atomic E-state index is 13.8. The standard InChI is InChI=1S/C28H21ClF3N5O2/c29-19-6-4-5-17(13-19)16-39-27-35-22-11-12-36(15-21(22)25(38)37(27)20-7-2-1-3-8-20)26-33-23-10-9-18(28(30,31)32)14-24(23)34-26/h1-10,13-14H,11-12,15-16H2,(H,33,34). The van der Waals surface area contributed by atoms with E-state index in [4.69, 9.17) is 21.3 Å². The minimum absolute atomic E-state index is 0.168. The second kappa shape index (κ2) is 9.77. The van der Waals surface area contributed by atoms with Gasteiger partial charge in [-0.15, -0.1) is 0 Å². The van der Waals surface area contributed by atoms with Crippen LogP contribution in [0, 0.1) is 0 Å². The summed E-state index contributed by atoms with van der Waals surface area (Å²) < 4.78 is 47.0. The number of H-pyrrole nitrogens is 1. The minimum Gasteiger partial charge on any atom is -0.459 e. The van der Waals surface area contributed by atoms with E-state index in [2.05, 4.69) is 9.97 Å². The number of nitrogens with one attached hydrogen (secondary N) is 1. The van der Waals surface area contributed by atoms with Crippen LogP contribution in [0.2, 0.25) is 5.02 Å².